The summed E-state index contributed by atoms with van der Waals surface area (Å²) in [7, 11) is 2.12. The lowest BCUT2D eigenvalue weighted by atomic mass is 10.0. The molecule has 0 fully saturated rings. The van der Waals surface area contributed by atoms with E-state index in [1.165, 1.54) is 18.2 Å². The van der Waals surface area contributed by atoms with Gasteiger partial charge >= 0.3 is 18.1 Å². The van der Waals surface area contributed by atoms with E-state index >= 15 is 0 Å². The number of rotatable bonds is 4. The molecule has 0 unspecified atom stereocenters. The molecule has 10 heteroatoms. The summed E-state index contributed by atoms with van der Waals surface area (Å²) in [4.78, 5) is 36.8. The fourth-order valence-electron chi connectivity index (χ4n) is 2.39. The number of halogens is 3. The fraction of sp³-hybridized carbons (Fsp3) is 0.312. The molecule has 0 saturated heterocycles. The van der Waals surface area contributed by atoms with Crippen molar-refractivity contribution in [3.8, 4) is 0 Å². The second-order valence-corrected chi connectivity index (χ2v) is 5.06. The Hall–Kier alpha value is -2.88. The van der Waals surface area contributed by atoms with Crippen molar-refractivity contribution < 1.29 is 41.8 Å². The Bertz CT molecular complexity index is 771. The molecule has 0 atom stereocenters. The number of esters is 2. The van der Waals surface area contributed by atoms with E-state index in [-0.39, 0.29) is 30.3 Å². The van der Waals surface area contributed by atoms with Gasteiger partial charge in [-0.25, -0.2) is 9.59 Å². The molecular weight excluding hydrogens is 359 g/mol. The standard InChI is InChI=1S/C16H14F3NO6/c1-24-14(22)10-7-26-8-20(12(10)15(23)25-2)11-6-4-3-5-9(11)13(21)16(17,18)19/h3-6H,7-8H2,1-2H3. The largest absolute Gasteiger partial charge is 0.466 e. The van der Waals surface area contributed by atoms with Crippen LogP contribution in [0.5, 0.6) is 0 Å². The number of alkyl halides is 3. The topological polar surface area (TPSA) is 82.1 Å². The van der Waals surface area contributed by atoms with E-state index in [0.717, 1.165) is 25.2 Å². The molecule has 0 N–H and O–H groups in total. The molecule has 26 heavy (non-hydrogen) atoms. The van der Waals surface area contributed by atoms with E-state index in [0.29, 0.717) is 0 Å². The molecule has 140 valence electrons. The minimum absolute atomic E-state index is 0.236. The second-order valence-electron chi connectivity index (χ2n) is 5.06. The first kappa shape index (κ1) is 19.4. The first-order valence-electron chi connectivity index (χ1n) is 7.18. The molecule has 0 aliphatic carbocycles. The zero-order valence-corrected chi connectivity index (χ0v) is 13.8. The first-order valence-corrected chi connectivity index (χ1v) is 7.18. The van der Waals surface area contributed by atoms with Crippen molar-refractivity contribution in [2.75, 3.05) is 32.5 Å². The summed E-state index contributed by atoms with van der Waals surface area (Å²) in [6.07, 6.45) is -5.12. The van der Waals surface area contributed by atoms with Crippen LogP contribution in [0.2, 0.25) is 0 Å². The number of benzene rings is 1. The summed E-state index contributed by atoms with van der Waals surface area (Å²) in [6.45, 7) is -0.671. The predicted octanol–water partition coefficient (Wildman–Crippen LogP) is 1.83. The number of ketones is 1. The maximum Gasteiger partial charge on any atom is 0.454 e. The van der Waals surface area contributed by atoms with Crippen molar-refractivity contribution in [2.24, 2.45) is 0 Å². The van der Waals surface area contributed by atoms with E-state index in [9.17, 15) is 27.6 Å². The number of para-hydroxylation sites is 1. The third-order valence-corrected chi connectivity index (χ3v) is 3.53. The molecule has 7 nitrogen and oxygen atoms in total. The van der Waals surface area contributed by atoms with Gasteiger partial charge < -0.3 is 19.1 Å². The molecule has 2 rings (SSSR count). The van der Waals surface area contributed by atoms with Gasteiger partial charge in [-0.1, -0.05) is 12.1 Å². The van der Waals surface area contributed by atoms with E-state index in [1.807, 2.05) is 0 Å². The van der Waals surface area contributed by atoms with Crippen LogP contribution >= 0.6 is 0 Å². The number of hydrogen-bond acceptors (Lipinski definition) is 7. The molecule has 0 radical (unpaired) electrons. The van der Waals surface area contributed by atoms with Crippen molar-refractivity contribution in [1.29, 1.82) is 0 Å². The van der Waals surface area contributed by atoms with Crippen LogP contribution in [0.15, 0.2) is 35.5 Å². The number of anilines is 1. The average Bonchev–Trinajstić information content (AvgIpc) is 2.64. The Morgan fingerprint density at radius 3 is 2.27 bits per heavy atom. The van der Waals surface area contributed by atoms with Crippen LogP contribution in [0, 0.1) is 0 Å². The van der Waals surface area contributed by atoms with Crippen LogP contribution in [0.1, 0.15) is 10.4 Å². The van der Waals surface area contributed by atoms with Crippen molar-refractivity contribution in [1.82, 2.24) is 0 Å². The molecular formula is C16H14F3NO6. The molecule has 1 aliphatic rings. The predicted molar refractivity (Wildman–Crippen MR) is 81.2 cm³/mol. The fourth-order valence-corrected chi connectivity index (χ4v) is 2.39. The summed E-state index contributed by atoms with van der Waals surface area (Å²) in [5, 5.41) is 0. The van der Waals surface area contributed by atoms with E-state index in [1.54, 1.807) is 0 Å². The third-order valence-electron chi connectivity index (χ3n) is 3.53. The van der Waals surface area contributed by atoms with Crippen LogP contribution in [-0.2, 0) is 23.8 Å². The van der Waals surface area contributed by atoms with E-state index in [2.05, 4.69) is 9.47 Å². The van der Waals surface area contributed by atoms with Crippen molar-refractivity contribution >= 4 is 23.4 Å². The normalized spacial score (nSPS) is 14.9. The molecule has 1 heterocycles. The van der Waals surface area contributed by atoms with Crippen LogP contribution in [0.4, 0.5) is 18.9 Å². The van der Waals surface area contributed by atoms with Gasteiger partial charge in [-0.2, -0.15) is 13.2 Å². The van der Waals surface area contributed by atoms with Gasteiger partial charge in [0.05, 0.1) is 37.7 Å². The van der Waals surface area contributed by atoms with Gasteiger partial charge in [-0.3, -0.25) is 4.79 Å². The molecule has 0 amide bonds. The van der Waals surface area contributed by atoms with Crippen LogP contribution in [0.25, 0.3) is 0 Å². The van der Waals surface area contributed by atoms with Crippen LogP contribution in [0.3, 0.4) is 0 Å². The minimum Gasteiger partial charge on any atom is -0.466 e. The highest BCUT2D eigenvalue weighted by Crippen LogP contribution is 2.33. The van der Waals surface area contributed by atoms with Crippen molar-refractivity contribution in [3.63, 3.8) is 0 Å². The van der Waals surface area contributed by atoms with Crippen LogP contribution in [-0.4, -0.2) is 51.5 Å². The van der Waals surface area contributed by atoms with Crippen LogP contribution < -0.4 is 4.90 Å². The molecule has 1 aromatic rings. The molecule has 0 aromatic heterocycles. The quantitative estimate of drug-likeness (QED) is 0.588. The summed E-state index contributed by atoms with van der Waals surface area (Å²) >= 11 is 0. The first-order chi connectivity index (χ1) is 12.2. The summed E-state index contributed by atoms with van der Waals surface area (Å²) in [5.74, 6) is -3.99. The number of Topliss-reactive ketones (excluding diaryl/α,β-unsaturated/α-hetero) is 1. The molecule has 1 aliphatic heterocycles. The van der Waals surface area contributed by atoms with E-state index in [4.69, 9.17) is 4.74 Å². The second kappa shape index (κ2) is 7.56. The zero-order valence-electron chi connectivity index (χ0n) is 13.8. The van der Waals surface area contributed by atoms with Gasteiger partial charge in [0.25, 0.3) is 5.78 Å². The minimum atomic E-state index is -5.12. The maximum atomic E-state index is 12.9. The van der Waals surface area contributed by atoms with Gasteiger partial charge in [0, 0.05) is 0 Å². The lowest BCUT2D eigenvalue weighted by molar-refractivity contribution is -0.140. The number of methoxy groups -OCH3 is 2. The number of carbonyl (C=O) groups excluding carboxylic acids is 3. The number of hydrogen-bond donors (Lipinski definition) is 0. The lowest BCUT2D eigenvalue weighted by Gasteiger charge is -2.32. The Labute approximate surface area is 145 Å². The lowest BCUT2D eigenvalue weighted by Crippen LogP contribution is -2.40. The van der Waals surface area contributed by atoms with Crippen molar-refractivity contribution in [3.05, 3.63) is 41.1 Å². The zero-order chi connectivity index (χ0) is 19.5. The molecule has 0 saturated carbocycles. The Balaban J connectivity index is 2.65. The van der Waals surface area contributed by atoms with Gasteiger partial charge in [0.15, 0.2) is 0 Å². The summed E-state index contributed by atoms with van der Waals surface area (Å²) in [5.41, 5.74) is -1.54. The Morgan fingerprint density at radius 1 is 1.08 bits per heavy atom. The van der Waals surface area contributed by atoms with Gasteiger partial charge in [0.1, 0.15) is 12.4 Å². The van der Waals surface area contributed by atoms with E-state index < -0.39 is 29.5 Å². The maximum absolute atomic E-state index is 12.9. The van der Waals surface area contributed by atoms with Gasteiger partial charge in [-0.15, -0.1) is 0 Å². The van der Waals surface area contributed by atoms with Gasteiger partial charge in [-0.05, 0) is 12.1 Å². The highest BCUT2D eigenvalue weighted by Gasteiger charge is 2.42. The Kier molecular flexibility index (Phi) is 5.66. The highest BCUT2D eigenvalue weighted by atomic mass is 19.4. The molecule has 0 bridgehead atoms. The third kappa shape index (κ3) is 3.69. The summed E-state index contributed by atoms with van der Waals surface area (Å²) < 4.78 is 53.0. The van der Waals surface area contributed by atoms with Crippen molar-refractivity contribution in [2.45, 2.75) is 6.18 Å². The number of nitrogens with zero attached hydrogens (tertiary/aromatic N) is 1. The highest BCUT2D eigenvalue weighted by molar-refractivity contribution is 6.08. The Morgan fingerprint density at radius 2 is 1.69 bits per heavy atom. The monoisotopic (exact) mass is 373 g/mol. The molecule has 0 spiro atoms. The smallest absolute Gasteiger partial charge is 0.454 e. The number of ether oxygens (including phenoxy) is 3. The number of carbonyl (C=O) groups is 3. The summed E-state index contributed by atoms with van der Waals surface area (Å²) in [6, 6.07) is 4.79. The average molecular weight is 373 g/mol. The molecule has 1 aromatic carbocycles. The SMILES string of the molecule is COC(=O)C1=C(C(=O)OC)N(c2ccccc2C(=O)C(F)(F)F)COC1. The van der Waals surface area contributed by atoms with Gasteiger partial charge in [0.2, 0.25) is 0 Å².